The molecule has 0 atom stereocenters. The van der Waals surface area contributed by atoms with Crippen LogP contribution in [0.15, 0.2) is 53.5 Å². The summed E-state index contributed by atoms with van der Waals surface area (Å²) in [5.74, 6) is 6.72. The first-order chi connectivity index (χ1) is 13.3. The second kappa shape index (κ2) is 7.81. The molecular formula is C20H24F3N5. The minimum atomic E-state index is -4.52. The maximum atomic E-state index is 13.5. The lowest BCUT2D eigenvalue weighted by atomic mass is 9.87. The summed E-state index contributed by atoms with van der Waals surface area (Å²) in [6.45, 7) is 4.37. The lowest BCUT2D eigenvalue weighted by Gasteiger charge is -2.45. The fraction of sp³-hybridized carbons (Fsp3) is 0.350. The van der Waals surface area contributed by atoms with E-state index < -0.39 is 17.3 Å². The largest absolute Gasteiger partial charge is 0.418 e. The molecular weight excluding hydrogens is 367 g/mol. The lowest BCUT2D eigenvalue weighted by molar-refractivity contribution is -0.137. The van der Waals surface area contributed by atoms with Crippen LogP contribution in [0, 0.1) is 0 Å². The van der Waals surface area contributed by atoms with Crippen LogP contribution in [0.1, 0.15) is 37.8 Å². The molecule has 0 spiro atoms. The molecule has 2 aromatic rings. The number of aliphatic imine (C=N–C) groups is 1. The standard InChI is InChI=1S/C20H24F3N5/c1-3-19(4-2)18(27-25-13-14-9-6-5-7-10-14)26-17-15(20(21,22)23)11-8-12-16(17)28(19)24/h5-12,25H,3-4,13,24H2,1-2H3,(H,26,27). The van der Waals surface area contributed by atoms with E-state index in [0.29, 0.717) is 25.2 Å². The number of hydrogen-bond acceptors (Lipinski definition) is 5. The number of hydrogen-bond donors (Lipinski definition) is 3. The highest BCUT2D eigenvalue weighted by atomic mass is 19.4. The van der Waals surface area contributed by atoms with Gasteiger partial charge in [0.2, 0.25) is 0 Å². The number of hydrazine groups is 2. The molecule has 5 nitrogen and oxygen atoms in total. The Morgan fingerprint density at radius 2 is 1.71 bits per heavy atom. The molecule has 8 heteroatoms. The molecule has 1 aliphatic heterocycles. The Labute approximate surface area is 162 Å². The van der Waals surface area contributed by atoms with E-state index >= 15 is 0 Å². The second-order valence-electron chi connectivity index (χ2n) is 6.70. The summed E-state index contributed by atoms with van der Waals surface area (Å²) in [5.41, 5.74) is 5.68. The van der Waals surface area contributed by atoms with Crippen molar-refractivity contribution >= 4 is 17.2 Å². The lowest BCUT2D eigenvalue weighted by Crippen LogP contribution is -2.64. The van der Waals surface area contributed by atoms with Gasteiger partial charge in [-0.2, -0.15) is 13.2 Å². The van der Waals surface area contributed by atoms with E-state index in [-0.39, 0.29) is 11.4 Å². The highest BCUT2D eigenvalue weighted by Gasteiger charge is 2.45. The van der Waals surface area contributed by atoms with Crippen molar-refractivity contribution in [2.75, 3.05) is 5.01 Å². The number of para-hydroxylation sites is 1. The number of fused-ring (bicyclic) bond motifs is 1. The van der Waals surface area contributed by atoms with Crippen molar-refractivity contribution in [3.63, 3.8) is 0 Å². The fourth-order valence-electron chi connectivity index (χ4n) is 3.53. The van der Waals surface area contributed by atoms with Gasteiger partial charge in [-0.25, -0.2) is 16.3 Å². The Morgan fingerprint density at radius 1 is 1.04 bits per heavy atom. The molecule has 0 aliphatic carbocycles. The Kier molecular flexibility index (Phi) is 5.62. The van der Waals surface area contributed by atoms with E-state index in [0.717, 1.165) is 11.6 Å². The van der Waals surface area contributed by atoms with Crippen LogP contribution in [-0.2, 0) is 12.7 Å². The van der Waals surface area contributed by atoms with Gasteiger partial charge in [0, 0.05) is 6.54 Å². The molecule has 0 amide bonds. The predicted molar refractivity (Wildman–Crippen MR) is 105 cm³/mol. The van der Waals surface area contributed by atoms with E-state index in [1.165, 1.54) is 11.1 Å². The van der Waals surface area contributed by atoms with E-state index in [4.69, 9.17) is 5.84 Å². The molecule has 0 unspecified atom stereocenters. The molecule has 0 fully saturated rings. The third kappa shape index (κ3) is 3.57. The van der Waals surface area contributed by atoms with Crippen LogP contribution in [0.25, 0.3) is 0 Å². The first-order valence-corrected chi connectivity index (χ1v) is 9.20. The molecule has 2 aromatic carbocycles. The average molecular weight is 391 g/mol. The number of alkyl halides is 3. The van der Waals surface area contributed by atoms with Crippen molar-refractivity contribution in [2.45, 2.75) is 44.9 Å². The molecule has 150 valence electrons. The number of nitrogens with one attached hydrogen (secondary N) is 2. The molecule has 3 rings (SSSR count). The van der Waals surface area contributed by atoms with Crippen molar-refractivity contribution in [1.29, 1.82) is 0 Å². The number of benzene rings is 2. The number of rotatable bonds is 5. The Bertz CT molecular complexity index is 845. The van der Waals surface area contributed by atoms with Crippen molar-refractivity contribution < 1.29 is 13.2 Å². The Morgan fingerprint density at radius 3 is 2.32 bits per heavy atom. The van der Waals surface area contributed by atoms with Gasteiger partial charge in [-0.3, -0.25) is 5.01 Å². The van der Waals surface area contributed by atoms with Crippen LogP contribution in [0.3, 0.4) is 0 Å². The Balaban J connectivity index is 1.98. The summed E-state index contributed by atoms with van der Waals surface area (Å²) in [5, 5.41) is 1.41. The summed E-state index contributed by atoms with van der Waals surface area (Å²) in [6, 6.07) is 13.6. The summed E-state index contributed by atoms with van der Waals surface area (Å²) in [4.78, 5) is 4.39. The minimum absolute atomic E-state index is 0.168. The monoisotopic (exact) mass is 391 g/mol. The van der Waals surface area contributed by atoms with Gasteiger partial charge >= 0.3 is 6.18 Å². The first-order valence-electron chi connectivity index (χ1n) is 9.20. The maximum absolute atomic E-state index is 13.5. The summed E-state index contributed by atoms with van der Waals surface area (Å²) < 4.78 is 40.5. The number of anilines is 1. The highest BCUT2D eigenvalue weighted by Crippen LogP contribution is 2.46. The van der Waals surface area contributed by atoms with Crippen LogP contribution >= 0.6 is 0 Å². The molecule has 0 saturated heterocycles. The van der Waals surface area contributed by atoms with Gasteiger partial charge in [-0.1, -0.05) is 50.2 Å². The van der Waals surface area contributed by atoms with Crippen LogP contribution in [-0.4, -0.2) is 11.4 Å². The zero-order valence-electron chi connectivity index (χ0n) is 15.8. The van der Waals surface area contributed by atoms with Gasteiger partial charge in [0.25, 0.3) is 0 Å². The number of amidine groups is 1. The minimum Gasteiger partial charge on any atom is -0.307 e. The van der Waals surface area contributed by atoms with E-state index in [1.54, 1.807) is 6.07 Å². The topological polar surface area (TPSA) is 65.7 Å². The summed E-state index contributed by atoms with van der Waals surface area (Å²) in [7, 11) is 0. The normalized spacial score (nSPS) is 15.8. The quantitative estimate of drug-likeness (QED) is 0.526. The molecule has 1 heterocycles. The van der Waals surface area contributed by atoms with Crippen LogP contribution < -0.4 is 21.7 Å². The SMILES string of the molecule is CCC1(CC)C(NNCc2ccccc2)=Nc2c(cccc2C(F)(F)F)N1N. The van der Waals surface area contributed by atoms with E-state index in [1.807, 2.05) is 44.2 Å². The van der Waals surface area contributed by atoms with Crippen LogP contribution in [0.5, 0.6) is 0 Å². The summed E-state index contributed by atoms with van der Waals surface area (Å²) in [6.07, 6.45) is -3.36. The molecule has 4 N–H and O–H groups in total. The fourth-order valence-corrected chi connectivity index (χ4v) is 3.53. The predicted octanol–water partition coefficient (Wildman–Crippen LogP) is 4.28. The molecule has 28 heavy (non-hydrogen) atoms. The third-order valence-electron chi connectivity index (χ3n) is 5.22. The van der Waals surface area contributed by atoms with Crippen molar-refractivity contribution in [2.24, 2.45) is 10.8 Å². The van der Waals surface area contributed by atoms with Crippen molar-refractivity contribution in [3.05, 3.63) is 59.7 Å². The van der Waals surface area contributed by atoms with Gasteiger partial charge in [-0.05, 0) is 30.5 Å². The zero-order valence-corrected chi connectivity index (χ0v) is 15.8. The molecule has 0 saturated carbocycles. The van der Waals surface area contributed by atoms with Crippen molar-refractivity contribution in [1.82, 2.24) is 10.9 Å². The highest BCUT2D eigenvalue weighted by molar-refractivity contribution is 6.01. The average Bonchev–Trinajstić information content (AvgIpc) is 2.68. The Hall–Kier alpha value is -2.58. The molecule has 0 bridgehead atoms. The zero-order chi connectivity index (χ0) is 20.4. The van der Waals surface area contributed by atoms with Crippen LogP contribution in [0.2, 0.25) is 0 Å². The van der Waals surface area contributed by atoms with Crippen molar-refractivity contribution in [3.8, 4) is 0 Å². The van der Waals surface area contributed by atoms with Gasteiger partial charge in [0.05, 0.1) is 11.3 Å². The first kappa shape index (κ1) is 20.2. The van der Waals surface area contributed by atoms with Gasteiger partial charge in [-0.15, -0.1) is 0 Å². The van der Waals surface area contributed by atoms with Gasteiger partial charge < -0.3 is 5.43 Å². The van der Waals surface area contributed by atoms with Crippen LogP contribution in [0.4, 0.5) is 24.5 Å². The smallest absolute Gasteiger partial charge is 0.307 e. The number of nitrogens with two attached hydrogens (primary N) is 1. The van der Waals surface area contributed by atoms with Gasteiger partial charge in [0.1, 0.15) is 17.1 Å². The molecule has 0 aromatic heterocycles. The summed E-state index contributed by atoms with van der Waals surface area (Å²) >= 11 is 0. The molecule has 1 aliphatic rings. The van der Waals surface area contributed by atoms with E-state index in [2.05, 4.69) is 15.8 Å². The number of halogens is 3. The van der Waals surface area contributed by atoms with E-state index in [9.17, 15) is 13.2 Å². The maximum Gasteiger partial charge on any atom is 0.418 e. The third-order valence-corrected chi connectivity index (χ3v) is 5.22. The number of nitrogens with zero attached hydrogens (tertiary/aromatic N) is 2. The van der Waals surface area contributed by atoms with Gasteiger partial charge in [0.15, 0.2) is 0 Å². The second-order valence-corrected chi connectivity index (χ2v) is 6.70. The molecule has 0 radical (unpaired) electrons.